The molecule has 0 saturated heterocycles. The highest BCUT2D eigenvalue weighted by Crippen LogP contribution is 2.21. The molecule has 0 aliphatic heterocycles. The van der Waals surface area contributed by atoms with Gasteiger partial charge in [0.05, 0.1) is 6.54 Å². The second kappa shape index (κ2) is 6.77. The maximum atomic E-state index is 11.9. The van der Waals surface area contributed by atoms with Gasteiger partial charge in [0.2, 0.25) is 5.91 Å². The molecule has 0 bridgehead atoms. The molecule has 2 N–H and O–H groups in total. The van der Waals surface area contributed by atoms with Crippen LogP contribution in [0.15, 0.2) is 24.3 Å². The highest BCUT2D eigenvalue weighted by Gasteiger charge is 2.27. The molecular formula is C12H14ClF3N2O. The first-order valence-corrected chi connectivity index (χ1v) is 5.98. The van der Waals surface area contributed by atoms with Crippen molar-refractivity contribution in [3.8, 4) is 0 Å². The minimum atomic E-state index is -4.40. The molecule has 0 aliphatic carbocycles. The summed E-state index contributed by atoms with van der Waals surface area (Å²) in [5.74, 6) is -0.712. The van der Waals surface area contributed by atoms with Gasteiger partial charge in [0.25, 0.3) is 0 Å². The molecule has 1 atom stereocenters. The van der Waals surface area contributed by atoms with Crippen molar-refractivity contribution >= 4 is 17.5 Å². The highest BCUT2D eigenvalue weighted by atomic mass is 35.5. The number of hydrogen-bond donors (Lipinski definition) is 2. The Morgan fingerprint density at radius 1 is 1.37 bits per heavy atom. The minimum Gasteiger partial charge on any atom is -0.346 e. The molecule has 3 nitrogen and oxygen atoms in total. The molecule has 0 aromatic heterocycles. The van der Waals surface area contributed by atoms with Crippen molar-refractivity contribution in [2.75, 3.05) is 13.1 Å². The number of benzene rings is 1. The zero-order valence-electron chi connectivity index (χ0n) is 10.2. The van der Waals surface area contributed by atoms with E-state index in [2.05, 4.69) is 5.32 Å². The van der Waals surface area contributed by atoms with Crippen molar-refractivity contribution < 1.29 is 18.0 Å². The van der Waals surface area contributed by atoms with Gasteiger partial charge in [0.15, 0.2) is 0 Å². The summed E-state index contributed by atoms with van der Waals surface area (Å²) in [6.07, 6.45) is -4.40. The van der Waals surface area contributed by atoms with Gasteiger partial charge in [-0.1, -0.05) is 29.8 Å². The molecule has 1 aromatic rings. The number of amides is 1. The second-order valence-corrected chi connectivity index (χ2v) is 4.42. The Morgan fingerprint density at radius 3 is 2.58 bits per heavy atom. The van der Waals surface area contributed by atoms with Crippen LogP contribution in [0.1, 0.15) is 18.5 Å². The van der Waals surface area contributed by atoms with E-state index in [1.165, 1.54) is 0 Å². The average molecular weight is 295 g/mol. The maximum absolute atomic E-state index is 11.9. The van der Waals surface area contributed by atoms with Gasteiger partial charge in [0.1, 0.15) is 6.54 Å². The molecule has 0 unspecified atom stereocenters. The summed E-state index contributed by atoms with van der Waals surface area (Å²) >= 11 is 5.97. The van der Waals surface area contributed by atoms with E-state index in [1.807, 2.05) is 0 Å². The number of carbonyl (C=O) groups is 1. The predicted molar refractivity (Wildman–Crippen MR) is 66.9 cm³/mol. The molecule has 0 radical (unpaired) electrons. The Labute approximate surface area is 114 Å². The second-order valence-electron chi connectivity index (χ2n) is 4.02. The van der Waals surface area contributed by atoms with E-state index in [9.17, 15) is 18.0 Å². The van der Waals surface area contributed by atoms with E-state index in [0.29, 0.717) is 5.02 Å². The Kier molecular flexibility index (Phi) is 5.62. The summed E-state index contributed by atoms with van der Waals surface area (Å²) in [4.78, 5) is 11.2. The van der Waals surface area contributed by atoms with Crippen molar-refractivity contribution in [1.29, 1.82) is 0 Å². The van der Waals surface area contributed by atoms with Crippen molar-refractivity contribution in [3.05, 3.63) is 34.9 Å². The van der Waals surface area contributed by atoms with Gasteiger partial charge < -0.3 is 10.6 Å². The average Bonchev–Trinajstić information content (AvgIpc) is 2.33. The van der Waals surface area contributed by atoms with Crippen LogP contribution in [0.3, 0.4) is 0 Å². The fourth-order valence-electron chi connectivity index (χ4n) is 1.44. The Balaban J connectivity index is 2.40. The van der Waals surface area contributed by atoms with Crippen LogP contribution >= 0.6 is 11.6 Å². The van der Waals surface area contributed by atoms with Crippen LogP contribution in [-0.4, -0.2) is 25.2 Å². The SMILES string of the molecule is C[C@@H](NCC(=O)NCC(F)(F)F)c1ccccc1Cl. The molecule has 0 saturated carbocycles. The van der Waals surface area contributed by atoms with Gasteiger partial charge in [-0.25, -0.2) is 0 Å². The molecule has 0 fully saturated rings. The van der Waals surface area contributed by atoms with Crippen LogP contribution in [0.25, 0.3) is 0 Å². The number of hydrogen-bond acceptors (Lipinski definition) is 2. The summed E-state index contributed by atoms with van der Waals surface area (Å²) in [6.45, 7) is 0.245. The third kappa shape index (κ3) is 5.94. The van der Waals surface area contributed by atoms with E-state index < -0.39 is 18.6 Å². The van der Waals surface area contributed by atoms with Crippen molar-refractivity contribution in [2.45, 2.75) is 19.1 Å². The number of rotatable bonds is 5. The van der Waals surface area contributed by atoms with Gasteiger partial charge in [0, 0.05) is 11.1 Å². The third-order valence-electron chi connectivity index (χ3n) is 2.43. The van der Waals surface area contributed by atoms with Crippen LogP contribution in [0, 0.1) is 0 Å². The lowest BCUT2D eigenvalue weighted by atomic mass is 10.1. The van der Waals surface area contributed by atoms with Gasteiger partial charge in [-0.05, 0) is 18.6 Å². The lowest BCUT2D eigenvalue weighted by molar-refractivity contribution is -0.137. The number of alkyl halides is 3. The van der Waals surface area contributed by atoms with Crippen LogP contribution in [0.5, 0.6) is 0 Å². The van der Waals surface area contributed by atoms with Crippen molar-refractivity contribution in [2.24, 2.45) is 0 Å². The van der Waals surface area contributed by atoms with Crippen LogP contribution in [0.4, 0.5) is 13.2 Å². The smallest absolute Gasteiger partial charge is 0.346 e. The molecule has 1 rings (SSSR count). The fourth-order valence-corrected chi connectivity index (χ4v) is 1.74. The number of carbonyl (C=O) groups excluding carboxylic acids is 1. The van der Waals surface area contributed by atoms with E-state index in [-0.39, 0.29) is 12.6 Å². The molecule has 0 spiro atoms. The predicted octanol–water partition coefficient (Wildman–Crippen LogP) is 2.67. The molecular weight excluding hydrogens is 281 g/mol. The van der Waals surface area contributed by atoms with Crippen molar-refractivity contribution in [1.82, 2.24) is 10.6 Å². The molecule has 7 heteroatoms. The molecule has 19 heavy (non-hydrogen) atoms. The maximum Gasteiger partial charge on any atom is 0.405 e. The highest BCUT2D eigenvalue weighted by molar-refractivity contribution is 6.31. The van der Waals surface area contributed by atoms with Gasteiger partial charge in [-0.2, -0.15) is 13.2 Å². The van der Waals surface area contributed by atoms with Gasteiger partial charge in [-0.3, -0.25) is 4.79 Å². The van der Waals surface area contributed by atoms with E-state index in [0.717, 1.165) is 5.56 Å². The van der Waals surface area contributed by atoms with Crippen molar-refractivity contribution in [3.63, 3.8) is 0 Å². The van der Waals surface area contributed by atoms with Crippen LogP contribution in [-0.2, 0) is 4.79 Å². The standard InChI is InChI=1S/C12H14ClF3N2O/c1-8(9-4-2-3-5-10(9)13)17-6-11(19)18-7-12(14,15)16/h2-5,8,17H,6-7H2,1H3,(H,18,19)/t8-/m1/s1. The van der Waals surface area contributed by atoms with Gasteiger partial charge >= 0.3 is 6.18 Å². The quantitative estimate of drug-likeness (QED) is 0.876. The number of halogens is 4. The minimum absolute atomic E-state index is 0.206. The molecule has 0 heterocycles. The lowest BCUT2D eigenvalue weighted by Gasteiger charge is -2.15. The number of nitrogens with one attached hydrogen (secondary N) is 2. The summed E-state index contributed by atoms with van der Waals surface area (Å²) in [6, 6.07) is 6.83. The Hall–Kier alpha value is -1.27. The molecule has 106 valence electrons. The van der Waals surface area contributed by atoms with E-state index in [1.54, 1.807) is 36.5 Å². The fraction of sp³-hybridized carbons (Fsp3) is 0.417. The van der Waals surface area contributed by atoms with Crippen LogP contribution < -0.4 is 10.6 Å². The summed E-state index contributed by atoms with van der Waals surface area (Å²) in [5.41, 5.74) is 0.785. The molecule has 1 aromatic carbocycles. The zero-order valence-corrected chi connectivity index (χ0v) is 11.0. The summed E-state index contributed by atoms with van der Waals surface area (Å²) in [7, 11) is 0. The van der Waals surface area contributed by atoms with Crippen LogP contribution in [0.2, 0.25) is 5.02 Å². The first-order valence-electron chi connectivity index (χ1n) is 5.61. The first-order chi connectivity index (χ1) is 8.79. The Morgan fingerprint density at radius 2 is 2.00 bits per heavy atom. The summed E-state index contributed by atoms with van der Waals surface area (Å²) < 4.78 is 35.6. The molecule has 0 aliphatic rings. The Bertz CT molecular complexity index is 437. The zero-order chi connectivity index (χ0) is 14.5. The lowest BCUT2D eigenvalue weighted by Crippen LogP contribution is -2.39. The molecule has 1 amide bonds. The monoisotopic (exact) mass is 294 g/mol. The normalized spacial score (nSPS) is 13.1. The third-order valence-corrected chi connectivity index (χ3v) is 2.77. The topological polar surface area (TPSA) is 41.1 Å². The largest absolute Gasteiger partial charge is 0.405 e. The summed E-state index contributed by atoms with van der Waals surface area (Å²) in [5, 5.41) is 5.14. The van der Waals surface area contributed by atoms with Gasteiger partial charge in [-0.15, -0.1) is 0 Å². The van der Waals surface area contributed by atoms with E-state index >= 15 is 0 Å². The van der Waals surface area contributed by atoms with E-state index in [4.69, 9.17) is 11.6 Å². The first kappa shape index (κ1) is 15.8.